The minimum Gasteiger partial charge on any atom is -0.378 e. The maximum Gasteiger partial charge on any atom is 0.339 e. The molecule has 4 aromatic carbocycles. The third-order valence-corrected chi connectivity index (χ3v) is 7.82. The molecule has 2 aliphatic carbocycles. The number of hydrogen-bond acceptors (Lipinski definition) is 3. The summed E-state index contributed by atoms with van der Waals surface area (Å²) in [6.07, 6.45) is 8.77. The lowest BCUT2D eigenvalue weighted by molar-refractivity contribution is 0.489. The highest BCUT2D eigenvalue weighted by atomic mass is 32.2. The van der Waals surface area contributed by atoms with Gasteiger partial charge in [-0.1, -0.05) is 66.3 Å². The number of aryl methyl sites for hydroxylation is 1. The summed E-state index contributed by atoms with van der Waals surface area (Å²) in [6.45, 7) is 0. The van der Waals surface area contributed by atoms with E-state index in [1.54, 1.807) is 18.2 Å². The largest absolute Gasteiger partial charge is 0.378 e. The Morgan fingerprint density at radius 3 is 2.53 bits per heavy atom. The van der Waals surface area contributed by atoms with Crippen LogP contribution in [-0.2, 0) is 16.5 Å². The molecule has 0 amide bonds. The van der Waals surface area contributed by atoms with Gasteiger partial charge < -0.3 is 4.18 Å². The van der Waals surface area contributed by atoms with Crippen LogP contribution in [-0.4, -0.2) is 8.42 Å². The van der Waals surface area contributed by atoms with E-state index >= 15 is 0 Å². The molecule has 0 spiro atoms. The molecular weight excluding hydrogens is 416 g/mol. The Bertz CT molecular complexity index is 1560. The molecule has 0 unspecified atom stereocenters. The van der Waals surface area contributed by atoms with Crippen molar-refractivity contribution in [1.29, 1.82) is 0 Å². The molecule has 4 heteroatoms. The number of benzene rings is 4. The Hall–Kier alpha value is -3.37. The first-order valence-electron chi connectivity index (χ1n) is 11.0. The standard InChI is InChI=1S/C28H22O3S/c29-32(30,22-14-12-19-6-1-2-8-21(19)18-22)31-28-11-5-10-24-26-15-13-20-7-3-4-9-23(20)25(26)16-17-27(24)28/h1-2,4-6,8-12,14,16-18H,3,7,13,15H2. The smallest absolute Gasteiger partial charge is 0.339 e. The van der Waals surface area contributed by atoms with Gasteiger partial charge in [0.1, 0.15) is 4.90 Å². The maximum atomic E-state index is 13.1. The van der Waals surface area contributed by atoms with Gasteiger partial charge in [-0.05, 0) is 82.8 Å². The van der Waals surface area contributed by atoms with E-state index in [0.29, 0.717) is 5.75 Å². The van der Waals surface area contributed by atoms with Crippen LogP contribution < -0.4 is 4.18 Å². The van der Waals surface area contributed by atoms with Gasteiger partial charge >= 0.3 is 10.1 Å². The molecule has 6 rings (SSSR count). The van der Waals surface area contributed by atoms with Crippen LogP contribution in [0, 0.1) is 0 Å². The quantitative estimate of drug-likeness (QED) is 0.330. The van der Waals surface area contributed by atoms with Crippen LogP contribution in [0.1, 0.15) is 30.4 Å². The van der Waals surface area contributed by atoms with Crippen molar-refractivity contribution in [1.82, 2.24) is 0 Å². The lowest BCUT2D eigenvalue weighted by Crippen LogP contribution is -2.11. The topological polar surface area (TPSA) is 43.4 Å². The zero-order valence-corrected chi connectivity index (χ0v) is 18.4. The second kappa shape index (κ2) is 7.35. The highest BCUT2D eigenvalue weighted by Gasteiger charge is 2.23. The lowest BCUT2D eigenvalue weighted by atomic mass is 9.79. The molecule has 0 N–H and O–H groups in total. The van der Waals surface area contributed by atoms with Crippen molar-refractivity contribution in [2.24, 2.45) is 0 Å². The fourth-order valence-corrected chi connectivity index (χ4v) is 5.99. The zero-order chi connectivity index (χ0) is 21.7. The highest BCUT2D eigenvalue weighted by molar-refractivity contribution is 7.87. The van der Waals surface area contributed by atoms with Crippen molar-refractivity contribution in [2.75, 3.05) is 0 Å². The van der Waals surface area contributed by atoms with Crippen LogP contribution in [0.15, 0.2) is 95.4 Å². The van der Waals surface area contributed by atoms with Crippen molar-refractivity contribution >= 4 is 37.2 Å². The van der Waals surface area contributed by atoms with E-state index in [9.17, 15) is 8.42 Å². The first kappa shape index (κ1) is 19.3. The average Bonchev–Trinajstić information content (AvgIpc) is 2.83. The fraction of sp³-hybridized carbons (Fsp3) is 0.143. The number of fused-ring (bicyclic) bond motifs is 5. The molecule has 0 saturated heterocycles. The third kappa shape index (κ3) is 3.14. The summed E-state index contributed by atoms with van der Waals surface area (Å²) < 4.78 is 31.9. The zero-order valence-electron chi connectivity index (χ0n) is 17.5. The predicted octanol–water partition coefficient (Wildman–Crippen LogP) is 6.81. The molecule has 3 nitrogen and oxygen atoms in total. The predicted molar refractivity (Wildman–Crippen MR) is 129 cm³/mol. The number of rotatable bonds is 3. The maximum absolute atomic E-state index is 13.1. The molecule has 32 heavy (non-hydrogen) atoms. The van der Waals surface area contributed by atoms with Gasteiger partial charge in [-0.2, -0.15) is 8.42 Å². The van der Waals surface area contributed by atoms with Crippen LogP contribution in [0.5, 0.6) is 5.75 Å². The molecule has 2 aliphatic rings. The summed E-state index contributed by atoms with van der Waals surface area (Å²) in [7, 11) is -3.96. The fourth-order valence-electron chi connectivity index (χ4n) is 5.00. The Morgan fingerprint density at radius 2 is 1.62 bits per heavy atom. The molecule has 0 aromatic heterocycles. The van der Waals surface area contributed by atoms with E-state index in [0.717, 1.165) is 47.2 Å². The van der Waals surface area contributed by atoms with Crippen molar-refractivity contribution < 1.29 is 12.6 Å². The molecule has 0 heterocycles. The van der Waals surface area contributed by atoms with E-state index in [2.05, 4.69) is 24.3 Å². The van der Waals surface area contributed by atoms with E-state index in [1.807, 2.05) is 42.5 Å². The van der Waals surface area contributed by atoms with Gasteiger partial charge in [0, 0.05) is 5.39 Å². The van der Waals surface area contributed by atoms with Gasteiger partial charge in [0.25, 0.3) is 0 Å². The van der Waals surface area contributed by atoms with Gasteiger partial charge in [-0.15, -0.1) is 0 Å². The molecule has 0 aliphatic heterocycles. The Kier molecular flexibility index (Phi) is 4.44. The van der Waals surface area contributed by atoms with Crippen molar-refractivity contribution in [3.8, 4) is 5.75 Å². The first-order valence-corrected chi connectivity index (χ1v) is 12.4. The van der Waals surface area contributed by atoms with E-state index in [4.69, 9.17) is 4.18 Å². The Morgan fingerprint density at radius 1 is 0.750 bits per heavy atom. The van der Waals surface area contributed by atoms with E-state index < -0.39 is 10.1 Å². The summed E-state index contributed by atoms with van der Waals surface area (Å²) >= 11 is 0. The van der Waals surface area contributed by atoms with Crippen molar-refractivity contribution in [2.45, 2.75) is 30.6 Å². The van der Waals surface area contributed by atoms with E-state index in [1.165, 1.54) is 22.3 Å². The third-order valence-electron chi connectivity index (χ3n) is 6.59. The summed E-state index contributed by atoms with van der Waals surface area (Å²) in [5.74, 6) is 0.373. The van der Waals surface area contributed by atoms with Crippen molar-refractivity contribution in [3.63, 3.8) is 0 Å². The monoisotopic (exact) mass is 438 g/mol. The molecule has 0 atom stereocenters. The molecule has 4 aromatic rings. The molecular formula is C28H22O3S. The number of allylic oxidation sites excluding steroid dienone is 4. The summed E-state index contributed by atoms with van der Waals surface area (Å²) in [4.78, 5) is 0.160. The van der Waals surface area contributed by atoms with E-state index in [-0.39, 0.29) is 4.90 Å². The van der Waals surface area contributed by atoms with Crippen LogP contribution in [0.3, 0.4) is 0 Å². The van der Waals surface area contributed by atoms with Crippen LogP contribution in [0.25, 0.3) is 27.1 Å². The highest BCUT2D eigenvalue weighted by Crippen LogP contribution is 2.41. The van der Waals surface area contributed by atoms with Gasteiger partial charge in [0.2, 0.25) is 0 Å². The normalized spacial score (nSPS) is 15.6. The summed E-state index contributed by atoms with van der Waals surface area (Å²) in [5.41, 5.74) is 5.42. The van der Waals surface area contributed by atoms with Crippen molar-refractivity contribution in [3.05, 3.63) is 102 Å². The molecule has 0 fully saturated rings. The Balaban J connectivity index is 1.43. The van der Waals surface area contributed by atoms with Gasteiger partial charge in [0.05, 0.1) is 0 Å². The van der Waals surface area contributed by atoms with Gasteiger partial charge in [0.15, 0.2) is 5.75 Å². The molecule has 0 radical (unpaired) electrons. The van der Waals surface area contributed by atoms with Gasteiger partial charge in [-0.3, -0.25) is 0 Å². The SMILES string of the molecule is O=S(=O)(Oc1cccc2c3c(ccc12)C1=C(CCC=C1)CC3)c1ccc2ccccc2c1. The number of hydrogen-bond donors (Lipinski definition) is 0. The second-order valence-electron chi connectivity index (χ2n) is 8.45. The van der Waals surface area contributed by atoms with Gasteiger partial charge in [-0.25, -0.2) is 0 Å². The summed E-state index contributed by atoms with van der Waals surface area (Å²) in [5, 5.41) is 3.76. The molecule has 158 valence electrons. The first-order chi connectivity index (χ1) is 15.6. The minimum absolute atomic E-state index is 0.160. The minimum atomic E-state index is -3.96. The average molecular weight is 439 g/mol. The van der Waals surface area contributed by atoms with Crippen LogP contribution in [0.2, 0.25) is 0 Å². The Labute approximate surface area is 187 Å². The molecule has 0 saturated carbocycles. The lowest BCUT2D eigenvalue weighted by Gasteiger charge is -2.25. The second-order valence-corrected chi connectivity index (χ2v) is 9.99. The van der Waals surface area contributed by atoms with Crippen LogP contribution in [0.4, 0.5) is 0 Å². The molecule has 0 bridgehead atoms. The van der Waals surface area contributed by atoms with Crippen LogP contribution >= 0.6 is 0 Å². The summed E-state index contributed by atoms with van der Waals surface area (Å²) in [6, 6.07) is 22.6.